The molecule has 2 N–H and O–H groups in total. The highest BCUT2D eigenvalue weighted by atomic mass is 32.1. The van der Waals surface area contributed by atoms with E-state index in [2.05, 4.69) is 0 Å². The molecule has 1 nitrogen and oxygen atoms in total. The lowest BCUT2D eigenvalue weighted by atomic mass is 10.0. The van der Waals surface area contributed by atoms with Crippen molar-refractivity contribution < 1.29 is 13.2 Å². The van der Waals surface area contributed by atoms with Gasteiger partial charge in [0.2, 0.25) is 0 Å². The van der Waals surface area contributed by atoms with Crippen molar-refractivity contribution in [2.45, 2.75) is 12.5 Å². The van der Waals surface area contributed by atoms with Crippen molar-refractivity contribution in [2.24, 2.45) is 5.73 Å². The summed E-state index contributed by atoms with van der Waals surface area (Å²) in [5.74, 6) is -2.81. The molecule has 0 aliphatic heterocycles. The second-order valence-corrected chi connectivity index (χ2v) is 4.71. The predicted molar refractivity (Wildman–Crippen MR) is 61.3 cm³/mol. The molecule has 1 aromatic carbocycles. The lowest BCUT2D eigenvalue weighted by Crippen LogP contribution is -2.16. The Hall–Kier alpha value is -1.33. The van der Waals surface area contributed by atoms with Crippen LogP contribution in [0.15, 0.2) is 29.6 Å². The van der Waals surface area contributed by atoms with Crippen LogP contribution in [0, 0.1) is 17.5 Å². The SMILES string of the molecule is NC(Cc1cccs1)c1c(F)cc(F)cc1F. The zero-order valence-corrected chi connectivity index (χ0v) is 9.61. The Morgan fingerprint density at radius 3 is 2.35 bits per heavy atom. The second kappa shape index (κ2) is 4.89. The molecule has 0 aliphatic rings. The number of hydrogen-bond donors (Lipinski definition) is 1. The molecular weight excluding hydrogens is 247 g/mol. The summed E-state index contributed by atoms with van der Waals surface area (Å²) >= 11 is 1.46. The lowest BCUT2D eigenvalue weighted by molar-refractivity contribution is 0.502. The van der Waals surface area contributed by atoms with Gasteiger partial charge in [-0.3, -0.25) is 0 Å². The molecule has 1 heterocycles. The van der Waals surface area contributed by atoms with Crippen molar-refractivity contribution in [1.29, 1.82) is 0 Å². The maximum atomic E-state index is 13.4. The molecule has 1 atom stereocenters. The maximum absolute atomic E-state index is 13.4. The van der Waals surface area contributed by atoms with Crippen molar-refractivity contribution in [3.63, 3.8) is 0 Å². The Kier molecular flexibility index (Phi) is 3.49. The highest BCUT2D eigenvalue weighted by molar-refractivity contribution is 7.09. The largest absolute Gasteiger partial charge is 0.323 e. The topological polar surface area (TPSA) is 26.0 Å². The van der Waals surface area contributed by atoms with Gasteiger partial charge in [0.1, 0.15) is 17.5 Å². The fraction of sp³-hybridized carbons (Fsp3) is 0.167. The normalized spacial score (nSPS) is 12.7. The number of benzene rings is 1. The van der Waals surface area contributed by atoms with Gasteiger partial charge in [0.15, 0.2) is 0 Å². The molecule has 0 spiro atoms. The third-order valence-corrected chi connectivity index (χ3v) is 3.31. The van der Waals surface area contributed by atoms with E-state index in [4.69, 9.17) is 5.73 Å². The molecule has 2 rings (SSSR count). The average Bonchev–Trinajstić information content (AvgIpc) is 2.68. The minimum Gasteiger partial charge on any atom is -0.323 e. The van der Waals surface area contributed by atoms with E-state index in [1.807, 2.05) is 17.5 Å². The Bertz CT molecular complexity index is 487. The van der Waals surface area contributed by atoms with Crippen molar-refractivity contribution in [2.75, 3.05) is 0 Å². The van der Waals surface area contributed by atoms with E-state index in [1.165, 1.54) is 11.3 Å². The summed E-state index contributed by atoms with van der Waals surface area (Å²) in [4.78, 5) is 0.931. The molecule has 2 aromatic rings. The smallest absolute Gasteiger partial charge is 0.133 e. The minimum absolute atomic E-state index is 0.264. The third kappa shape index (κ3) is 2.68. The molecule has 0 saturated heterocycles. The summed E-state index contributed by atoms with van der Waals surface area (Å²) in [7, 11) is 0. The number of thiophene rings is 1. The van der Waals surface area contributed by atoms with Crippen LogP contribution in [0.3, 0.4) is 0 Å². The van der Waals surface area contributed by atoms with Gasteiger partial charge in [-0.1, -0.05) is 6.07 Å². The standard InChI is InChI=1S/C12H10F3NS/c13-7-4-9(14)12(10(15)5-7)11(16)6-8-2-1-3-17-8/h1-5,11H,6,16H2. The summed E-state index contributed by atoms with van der Waals surface area (Å²) < 4.78 is 39.6. The quantitative estimate of drug-likeness (QED) is 0.896. The van der Waals surface area contributed by atoms with Crippen LogP contribution in [0.25, 0.3) is 0 Å². The van der Waals surface area contributed by atoms with E-state index in [9.17, 15) is 13.2 Å². The summed E-state index contributed by atoms with van der Waals surface area (Å²) in [5, 5.41) is 1.86. The fourth-order valence-corrected chi connectivity index (χ4v) is 2.42. The van der Waals surface area contributed by atoms with Gasteiger partial charge in [-0.05, 0) is 11.4 Å². The molecule has 0 bridgehead atoms. The summed E-state index contributed by atoms with van der Waals surface area (Å²) in [6.07, 6.45) is 0.330. The first kappa shape index (κ1) is 12.1. The molecule has 0 amide bonds. The molecule has 1 unspecified atom stereocenters. The first-order chi connectivity index (χ1) is 8.08. The highest BCUT2D eigenvalue weighted by Crippen LogP contribution is 2.24. The van der Waals surface area contributed by atoms with Crippen LogP contribution in [-0.4, -0.2) is 0 Å². The molecule has 0 fully saturated rings. The van der Waals surface area contributed by atoms with E-state index < -0.39 is 23.5 Å². The van der Waals surface area contributed by atoms with Gasteiger partial charge in [0, 0.05) is 35.0 Å². The van der Waals surface area contributed by atoms with Crippen LogP contribution < -0.4 is 5.73 Å². The van der Waals surface area contributed by atoms with E-state index in [0.29, 0.717) is 18.6 Å². The first-order valence-electron chi connectivity index (χ1n) is 5.00. The Morgan fingerprint density at radius 1 is 1.18 bits per heavy atom. The van der Waals surface area contributed by atoms with Crippen LogP contribution >= 0.6 is 11.3 Å². The van der Waals surface area contributed by atoms with Crippen molar-refractivity contribution >= 4 is 11.3 Å². The van der Waals surface area contributed by atoms with E-state index in [0.717, 1.165) is 4.88 Å². The van der Waals surface area contributed by atoms with Gasteiger partial charge in [-0.2, -0.15) is 0 Å². The van der Waals surface area contributed by atoms with Gasteiger partial charge in [0.25, 0.3) is 0 Å². The average molecular weight is 257 g/mol. The fourth-order valence-electron chi connectivity index (χ4n) is 1.66. The van der Waals surface area contributed by atoms with Crippen LogP contribution in [0.2, 0.25) is 0 Å². The molecule has 0 radical (unpaired) electrons. The van der Waals surface area contributed by atoms with Gasteiger partial charge in [0.05, 0.1) is 0 Å². The minimum atomic E-state index is -0.938. The predicted octanol–water partition coefficient (Wildman–Crippen LogP) is 3.41. The van der Waals surface area contributed by atoms with Crippen molar-refractivity contribution in [1.82, 2.24) is 0 Å². The Balaban J connectivity index is 2.27. The van der Waals surface area contributed by atoms with Gasteiger partial charge >= 0.3 is 0 Å². The van der Waals surface area contributed by atoms with E-state index in [1.54, 1.807) is 0 Å². The van der Waals surface area contributed by atoms with E-state index in [-0.39, 0.29) is 5.56 Å². The Morgan fingerprint density at radius 2 is 1.82 bits per heavy atom. The molecule has 0 aliphatic carbocycles. The van der Waals surface area contributed by atoms with Crippen LogP contribution in [-0.2, 0) is 6.42 Å². The van der Waals surface area contributed by atoms with Gasteiger partial charge in [-0.15, -0.1) is 11.3 Å². The third-order valence-electron chi connectivity index (χ3n) is 2.42. The number of rotatable bonds is 3. The number of nitrogens with two attached hydrogens (primary N) is 1. The molecule has 90 valence electrons. The van der Waals surface area contributed by atoms with Crippen molar-refractivity contribution in [3.8, 4) is 0 Å². The molecular formula is C12H10F3NS. The molecule has 1 aromatic heterocycles. The molecule has 17 heavy (non-hydrogen) atoms. The Labute approximate surface area is 101 Å². The highest BCUT2D eigenvalue weighted by Gasteiger charge is 2.18. The zero-order valence-electron chi connectivity index (χ0n) is 8.79. The maximum Gasteiger partial charge on any atom is 0.133 e. The van der Waals surface area contributed by atoms with Gasteiger partial charge < -0.3 is 5.73 Å². The summed E-state index contributed by atoms with van der Waals surface area (Å²) in [5.41, 5.74) is 5.48. The van der Waals surface area contributed by atoms with Gasteiger partial charge in [-0.25, -0.2) is 13.2 Å². The van der Waals surface area contributed by atoms with Crippen LogP contribution in [0.5, 0.6) is 0 Å². The zero-order chi connectivity index (χ0) is 12.4. The summed E-state index contributed by atoms with van der Waals surface area (Å²) in [6, 6.07) is 4.15. The monoisotopic (exact) mass is 257 g/mol. The number of hydrogen-bond acceptors (Lipinski definition) is 2. The van der Waals surface area contributed by atoms with E-state index >= 15 is 0 Å². The molecule has 5 heteroatoms. The van der Waals surface area contributed by atoms with Crippen LogP contribution in [0.4, 0.5) is 13.2 Å². The lowest BCUT2D eigenvalue weighted by Gasteiger charge is -2.13. The van der Waals surface area contributed by atoms with Crippen molar-refractivity contribution in [3.05, 3.63) is 57.5 Å². The second-order valence-electron chi connectivity index (χ2n) is 3.67. The first-order valence-corrected chi connectivity index (χ1v) is 5.88. The van der Waals surface area contributed by atoms with Crippen LogP contribution in [0.1, 0.15) is 16.5 Å². The summed E-state index contributed by atoms with van der Waals surface area (Å²) in [6.45, 7) is 0. The number of halogens is 3. The molecule has 0 saturated carbocycles.